The second-order valence-corrected chi connectivity index (χ2v) is 12.1. The van der Waals surface area contributed by atoms with Crippen LogP contribution in [-0.4, -0.2) is 23.1 Å². The van der Waals surface area contributed by atoms with Crippen LogP contribution in [0.1, 0.15) is 18.1 Å². The summed E-state index contributed by atoms with van der Waals surface area (Å²) in [5.74, 6) is 1.22. The summed E-state index contributed by atoms with van der Waals surface area (Å²) < 4.78 is 13.7. The molecule has 1 aliphatic heterocycles. The Balaban J connectivity index is 1.42. The molecule has 5 rings (SSSR count). The van der Waals surface area contributed by atoms with Crippen molar-refractivity contribution in [1.82, 2.24) is 0 Å². The first kappa shape index (κ1) is 27.1. The molecule has 1 heterocycles. The Morgan fingerprint density at radius 2 is 1.82 bits per heavy atom. The summed E-state index contributed by atoms with van der Waals surface area (Å²) in [4.78, 5) is 16.6. The van der Waals surface area contributed by atoms with Gasteiger partial charge in [-0.1, -0.05) is 72.5 Å². The van der Waals surface area contributed by atoms with Crippen molar-refractivity contribution >= 4 is 91.1 Å². The topological polar surface area (TPSA) is 38.8 Å². The Hall–Kier alpha value is -2.53. The van der Waals surface area contributed by atoms with Gasteiger partial charge >= 0.3 is 0 Å². The van der Waals surface area contributed by atoms with Crippen LogP contribution in [0.15, 0.2) is 88.7 Å². The zero-order chi connectivity index (χ0) is 26.6. The van der Waals surface area contributed by atoms with Crippen LogP contribution in [-0.2, 0) is 11.4 Å². The number of ether oxygens (including phenoxy) is 2. The Labute approximate surface area is 249 Å². The van der Waals surface area contributed by atoms with Crippen molar-refractivity contribution in [3.8, 4) is 11.5 Å². The molecule has 4 aromatic rings. The van der Waals surface area contributed by atoms with Gasteiger partial charge in [0.1, 0.15) is 6.61 Å². The van der Waals surface area contributed by atoms with Gasteiger partial charge in [-0.15, -0.1) is 11.8 Å². The van der Waals surface area contributed by atoms with Crippen LogP contribution in [0.2, 0.25) is 0 Å². The average Bonchev–Trinajstić information content (AvgIpc) is 3.20. The Morgan fingerprint density at radius 3 is 2.63 bits per heavy atom. The second kappa shape index (κ2) is 12.1. The Morgan fingerprint density at radius 1 is 1.03 bits per heavy atom. The maximum Gasteiger partial charge on any atom is 0.270 e. The van der Waals surface area contributed by atoms with Crippen molar-refractivity contribution < 1.29 is 14.3 Å². The summed E-state index contributed by atoms with van der Waals surface area (Å²) in [7, 11) is 0. The molecule has 0 atom stereocenters. The lowest BCUT2D eigenvalue weighted by Gasteiger charge is -2.16. The van der Waals surface area contributed by atoms with E-state index in [4.69, 9.17) is 21.7 Å². The fourth-order valence-corrected chi connectivity index (χ4v) is 6.77. The molecule has 192 valence electrons. The van der Waals surface area contributed by atoms with Crippen LogP contribution in [0.5, 0.6) is 11.5 Å². The molecule has 0 radical (unpaired) electrons. The number of nitrogens with zero attached hydrogens (tertiary/aromatic N) is 1. The molecule has 38 heavy (non-hydrogen) atoms. The number of thiocarbonyl (C=S) groups is 1. The smallest absolute Gasteiger partial charge is 0.270 e. The third kappa shape index (κ3) is 5.73. The van der Waals surface area contributed by atoms with Gasteiger partial charge in [-0.25, -0.2) is 0 Å². The third-order valence-corrected chi connectivity index (χ3v) is 8.82. The molecular weight excluding hydrogens is 645 g/mol. The minimum atomic E-state index is -0.123. The van der Waals surface area contributed by atoms with Gasteiger partial charge in [0.15, 0.2) is 15.8 Å². The van der Waals surface area contributed by atoms with E-state index in [0.29, 0.717) is 33.9 Å². The molecule has 0 spiro atoms. The van der Waals surface area contributed by atoms with Gasteiger partial charge in [0.25, 0.3) is 5.91 Å². The van der Waals surface area contributed by atoms with Gasteiger partial charge in [-0.05, 0) is 94.1 Å². The summed E-state index contributed by atoms with van der Waals surface area (Å²) in [6.07, 6.45) is 3.88. The van der Waals surface area contributed by atoms with Crippen LogP contribution in [0.4, 0.5) is 5.69 Å². The number of carbonyl (C=O) groups is 1. The molecule has 0 bridgehead atoms. The first-order valence-corrected chi connectivity index (χ1v) is 15.5. The lowest BCUT2D eigenvalue weighted by atomic mass is 10.1. The molecule has 1 amide bonds. The summed E-state index contributed by atoms with van der Waals surface area (Å²) >= 11 is 10.8. The summed E-state index contributed by atoms with van der Waals surface area (Å²) in [6.45, 7) is 2.87. The van der Waals surface area contributed by atoms with Crippen molar-refractivity contribution in [2.75, 3.05) is 17.8 Å². The van der Waals surface area contributed by atoms with Gasteiger partial charge in [0.05, 0.1) is 20.8 Å². The fraction of sp³-hybridized carbons (Fsp3) is 0.133. The number of halogens is 1. The first-order valence-electron chi connectivity index (χ1n) is 12.0. The number of rotatable bonds is 8. The largest absolute Gasteiger partial charge is 0.490 e. The molecule has 1 fully saturated rings. The average molecular weight is 670 g/mol. The highest BCUT2D eigenvalue weighted by Crippen LogP contribution is 2.40. The number of fused-ring (bicyclic) bond motifs is 1. The summed E-state index contributed by atoms with van der Waals surface area (Å²) in [5.41, 5.74) is 2.75. The molecular formula is C30H24INO3S3. The van der Waals surface area contributed by atoms with Crippen molar-refractivity contribution in [3.63, 3.8) is 0 Å². The van der Waals surface area contributed by atoms with Gasteiger partial charge in [0, 0.05) is 4.90 Å². The highest BCUT2D eigenvalue weighted by molar-refractivity contribution is 14.1. The molecule has 1 saturated heterocycles. The normalized spacial score (nSPS) is 14.5. The van der Waals surface area contributed by atoms with Crippen LogP contribution in [0.25, 0.3) is 16.8 Å². The zero-order valence-electron chi connectivity index (χ0n) is 20.8. The number of benzene rings is 4. The molecule has 4 aromatic carbocycles. The number of hydrogen-bond donors (Lipinski definition) is 0. The van der Waals surface area contributed by atoms with Gasteiger partial charge < -0.3 is 9.47 Å². The monoisotopic (exact) mass is 669 g/mol. The molecule has 0 saturated carbocycles. The Bertz CT molecular complexity index is 1560. The molecule has 0 N–H and O–H groups in total. The van der Waals surface area contributed by atoms with Crippen molar-refractivity contribution in [3.05, 3.63) is 98.5 Å². The first-order chi connectivity index (χ1) is 18.5. The van der Waals surface area contributed by atoms with E-state index >= 15 is 0 Å². The van der Waals surface area contributed by atoms with E-state index in [-0.39, 0.29) is 5.91 Å². The lowest BCUT2D eigenvalue weighted by molar-refractivity contribution is -0.113. The van der Waals surface area contributed by atoms with E-state index in [2.05, 4.69) is 46.9 Å². The predicted molar refractivity (Wildman–Crippen MR) is 172 cm³/mol. The number of thioether (sulfide) groups is 2. The molecule has 4 nitrogen and oxygen atoms in total. The van der Waals surface area contributed by atoms with Crippen LogP contribution in [0, 0.1) is 3.57 Å². The quantitative estimate of drug-likeness (QED) is 0.0811. The fourth-order valence-electron chi connectivity index (χ4n) is 4.23. The van der Waals surface area contributed by atoms with Crippen molar-refractivity contribution in [2.45, 2.75) is 18.4 Å². The highest BCUT2D eigenvalue weighted by Gasteiger charge is 2.33. The Kier molecular flexibility index (Phi) is 8.62. The zero-order valence-corrected chi connectivity index (χ0v) is 25.4. The van der Waals surface area contributed by atoms with Crippen LogP contribution in [0.3, 0.4) is 0 Å². The number of amides is 1. The minimum absolute atomic E-state index is 0.123. The van der Waals surface area contributed by atoms with Gasteiger partial charge in [-0.2, -0.15) is 0 Å². The maximum atomic E-state index is 13.3. The molecule has 0 unspecified atom stereocenters. The van der Waals surface area contributed by atoms with Gasteiger partial charge in [-0.3, -0.25) is 9.69 Å². The van der Waals surface area contributed by atoms with Crippen LogP contribution >= 0.6 is 58.3 Å². The third-order valence-electron chi connectivity index (χ3n) is 5.99. The van der Waals surface area contributed by atoms with E-state index in [1.54, 1.807) is 16.7 Å². The lowest BCUT2D eigenvalue weighted by Crippen LogP contribution is -2.27. The van der Waals surface area contributed by atoms with E-state index < -0.39 is 0 Å². The molecule has 8 heteroatoms. The summed E-state index contributed by atoms with van der Waals surface area (Å²) in [5, 5.41) is 2.35. The number of carbonyl (C=O) groups excluding carboxylic acids is 1. The van der Waals surface area contributed by atoms with E-state index in [1.165, 1.54) is 22.5 Å². The van der Waals surface area contributed by atoms with E-state index in [9.17, 15) is 4.79 Å². The number of hydrogen-bond acceptors (Lipinski definition) is 6. The highest BCUT2D eigenvalue weighted by atomic mass is 127. The SMILES string of the molecule is CCOc1cc(/C=C2/SC(=S)N(c3cccc(SC)c3)C2=O)cc(I)c1OCc1cccc2ccccc12. The second-order valence-electron chi connectivity index (χ2n) is 8.41. The minimum Gasteiger partial charge on any atom is -0.490 e. The van der Waals surface area contributed by atoms with Gasteiger partial charge in [0.2, 0.25) is 0 Å². The molecule has 0 aromatic heterocycles. The van der Waals surface area contributed by atoms with Crippen molar-refractivity contribution in [2.24, 2.45) is 0 Å². The van der Waals surface area contributed by atoms with Crippen molar-refractivity contribution in [1.29, 1.82) is 0 Å². The maximum absolute atomic E-state index is 13.3. The van der Waals surface area contributed by atoms with E-state index in [0.717, 1.165) is 25.3 Å². The molecule has 0 aliphatic carbocycles. The standard InChI is InChI=1S/C30H24INO3S3/c1-3-34-26-15-19(16-27-29(33)32(30(36)38-27)22-11-7-12-23(17-22)37-2)14-25(31)28(26)35-18-21-10-6-9-20-8-4-5-13-24(20)21/h4-17H,3,18H2,1-2H3/b27-16+. The van der Waals surface area contributed by atoms with Crippen LogP contribution < -0.4 is 14.4 Å². The van der Waals surface area contributed by atoms with E-state index in [1.807, 2.05) is 73.9 Å². The molecule has 1 aliphatic rings. The predicted octanol–water partition coefficient (Wildman–Crippen LogP) is 8.55. The number of anilines is 1. The summed E-state index contributed by atoms with van der Waals surface area (Å²) in [6, 6.07) is 26.3.